The van der Waals surface area contributed by atoms with E-state index in [2.05, 4.69) is 27.3 Å². The van der Waals surface area contributed by atoms with E-state index in [4.69, 9.17) is 21.6 Å². The summed E-state index contributed by atoms with van der Waals surface area (Å²) in [6.45, 7) is 6.16. The van der Waals surface area contributed by atoms with Gasteiger partial charge in [-0.25, -0.2) is 19.7 Å². The van der Waals surface area contributed by atoms with Gasteiger partial charge in [-0.15, -0.1) is 0 Å². The molecule has 1 saturated heterocycles. The Hall–Kier alpha value is -5.65. The minimum atomic E-state index is -1.20. The summed E-state index contributed by atoms with van der Waals surface area (Å²) >= 11 is 5.94. The number of carboxylic acid groups (broad SMARTS) is 1. The number of aromatic nitrogens is 3. The number of phenols is 1. The van der Waals surface area contributed by atoms with Crippen molar-refractivity contribution in [3.05, 3.63) is 87.8 Å². The summed E-state index contributed by atoms with van der Waals surface area (Å²) in [5.41, 5.74) is 4.67. The van der Waals surface area contributed by atoms with Crippen LogP contribution in [0.1, 0.15) is 45.8 Å². The minimum Gasteiger partial charge on any atom is -0.508 e. The highest BCUT2D eigenvalue weighted by molar-refractivity contribution is 6.29. The lowest BCUT2D eigenvalue weighted by Gasteiger charge is -2.37. The van der Waals surface area contributed by atoms with Crippen LogP contribution in [-0.2, 0) is 0 Å². The van der Waals surface area contributed by atoms with Crippen molar-refractivity contribution < 1.29 is 15.0 Å². The van der Waals surface area contributed by atoms with E-state index in [0.29, 0.717) is 54.3 Å². The molecule has 12 heteroatoms. The number of aromatic hydroxyl groups is 1. The molecule has 1 aliphatic rings. The average Bonchev–Trinajstić information content (AvgIpc) is 3.03. The molecular formula is C33H27ClN8O3. The maximum Gasteiger partial charge on any atom is 0.356 e. The zero-order valence-corrected chi connectivity index (χ0v) is 25.2. The van der Waals surface area contributed by atoms with Crippen LogP contribution in [0.4, 0.5) is 17.2 Å². The first-order chi connectivity index (χ1) is 21.7. The van der Waals surface area contributed by atoms with Crippen molar-refractivity contribution >= 4 is 56.6 Å². The van der Waals surface area contributed by atoms with Crippen LogP contribution in [0.3, 0.4) is 0 Å². The monoisotopic (exact) mass is 618 g/mol. The zero-order valence-electron chi connectivity index (χ0n) is 24.4. The third-order valence-corrected chi connectivity index (χ3v) is 8.16. The van der Waals surface area contributed by atoms with Gasteiger partial charge in [0, 0.05) is 48.2 Å². The minimum absolute atomic E-state index is 0.0803. The number of rotatable bonds is 6. The summed E-state index contributed by atoms with van der Waals surface area (Å²) in [5.74, 6) is -0.598. The van der Waals surface area contributed by atoms with E-state index in [9.17, 15) is 25.5 Å². The Morgan fingerprint density at radius 3 is 2.42 bits per heavy atom. The fraction of sp³-hybridized carbons (Fsp3) is 0.212. The molecule has 0 aliphatic carbocycles. The summed E-state index contributed by atoms with van der Waals surface area (Å²) in [6, 6.07) is 19.7. The van der Waals surface area contributed by atoms with Crippen LogP contribution in [0.25, 0.3) is 21.8 Å². The van der Waals surface area contributed by atoms with E-state index in [1.807, 2.05) is 36.9 Å². The molecule has 0 unspecified atom stereocenters. The van der Waals surface area contributed by atoms with Crippen LogP contribution in [-0.4, -0.2) is 57.3 Å². The highest BCUT2D eigenvalue weighted by atomic mass is 35.5. The largest absolute Gasteiger partial charge is 0.508 e. The van der Waals surface area contributed by atoms with Crippen molar-refractivity contribution in [2.45, 2.75) is 19.9 Å². The van der Waals surface area contributed by atoms with E-state index in [1.54, 1.807) is 30.3 Å². The van der Waals surface area contributed by atoms with Crippen LogP contribution in [0, 0.1) is 29.6 Å². The molecule has 2 aromatic heterocycles. The smallest absolute Gasteiger partial charge is 0.356 e. The Morgan fingerprint density at radius 2 is 1.71 bits per heavy atom. The predicted molar refractivity (Wildman–Crippen MR) is 172 cm³/mol. The van der Waals surface area contributed by atoms with Crippen LogP contribution in [0.5, 0.6) is 5.75 Å². The SMILES string of the molecule is Cc1cc([C@@H](C)Nc2ccc(Cl)nc2C(=O)O)c2nc(N3CCN(c4ccc(C#N)c5ccc(O)cc45)CC3)c(C#N)nc2c1. The van der Waals surface area contributed by atoms with E-state index >= 15 is 0 Å². The lowest BCUT2D eigenvalue weighted by molar-refractivity contribution is 0.0691. The number of halogens is 1. The molecule has 0 saturated carbocycles. The van der Waals surface area contributed by atoms with Crippen LogP contribution >= 0.6 is 11.6 Å². The first kappa shape index (κ1) is 29.4. The lowest BCUT2D eigenvalue weighted by Crippen LogP contribution is -2.47. The standard InChI is InChI=1S/C33H27ClN8O3/c1-18-13-23(19(2)37-25-6-8-29(34)39-31(25)33(44)45)30-26(14-18)38-27(17-36)32(40-30)42-11-9-41(10-12-42)28-7-3-20(16-35)22-5-4-21(43)15-24(22)28/h3-8,13-15,19,37,43H,9-12H2,1-2H3,(H,44,45)/t19-/m1/s1. The second-order valence-corrected chi connectivity index (χ2v) is 11.3. The number of nitrogens with zero attached hydrogens (tertiary/aromatic N) is 7. The molecule has 1 atom stereocenters. The Morgan fingerprint density at radius 1 is 0.956 bits per heavy atom. The molecule has 3 aromatic carbocycles. The summed E-state index contributed by atoms with van der Waals surface area (Å²) < 4.78 is 0. The van der Waals surface area contributed by atoms with Crippen LogP contribution in [0.15, 0.2) is 54.6 Å². The first-order valence-electron chi connectivity index (χ1n) is 14.2. The van der Waals surface area contributed by atoms with Crippen LogP contribution in [0.2, 0.25) is 5.15 Å². The van der Waals surface area contributed by atoms with Gasteiger partial charge in [0.1, 0.15) is 17.0 Å². The van der Waals surface area contributed by atoms with Gasteiger partial charge in [-0.2, -0.15) is 10.5 Å². The van der Waals surface area contributed by atoms with Gasteiger partial charge < -0.3 is 25.3 Å². The normalized spacial score (nSPS) is 13.8. The maximum atomic E-state index is 11.8. The third kappa shape index (κ3) is 5.57. The lowest BCUT2D eigenvalue weighted by atomic mass is 10.0. The molecule has 6 rings (SSSR count). The quantitative estimate of drug-likeness (QED) is 0.197. The Labute approximate surface area is 263 Å². The molecule has 0 spiro atoms. The Kier molecular flexibility index (Phi) is 7.71. The molecule has 0 radical (unpaired) electrons. The molecular weight excluding hydrogens is 592 g/mol. The number of pyridine rings is 1. The van der Waals surface area contributed by atoms with E-state index in [0.717, 1.165) is 27.6 Å². The van der Waals surface area contributed by atoms with Gasteiger partial charge in [-0.1, -0.05) is 17.7 Å². The average molecular weight is 619 g/mol. The molecule has 1 fully saturated rings. The third-order valence-electron chi connectivity index (χ3n) is 7.95. The van der Waals surface area contributed by atoms with Gasteiger partial charge in [0.05, 0.1) is 34.4 Å². The number of hydrogen-bond acceptors (Lipinski definition) is 10. The van der Waals surface area contributed by atoms with Gasteiger partial charge >= 0.3 is 5.97 Å². The molecule has 224 valence electrons. The number of nitrogens with one attached hydrogen (secondary N) is 1. The molecule has 1 aliphatic heterocycles. The van der Waals surface area contributed by atoms with E-state index in [1.165, 1.54) is 6.07 Å². The molecule has 0 amide bonds. The maximum absolute atomic E-state index is 11.8. The number of aromatic carboxylic acids is 1. The second kappa shape index (κ2) is 11.8. The number of piperazine rings is 1. The number of phenolic OH excluding ortho intramolecular Hbond substituents is 1. The molecule has 11 nitrogen and oxygen atoms in total. The van der Waals surface area contributed by atoms with Crippen molar-refractivity contribution in [3.63, 3.8) is 0 Å². The zero-order chi connectivity index (χ0) is 31.8. The molecule has 3 heterocycles. The van der Waals surface area contributed by atoms with E-state index in [-0.39, 0.29) is 28.3 Å². The van der Waals surface area contributed by atoms with Crippen molar-refractivity contribution in [2.75, 3.05) is 41.3 Å². The van der Waals surface area contributed by atoms with Gasteiger partial charge in [0.15, 0.2) is 17.2 Å². The summed E-state index contributed by atoms with van der Waals surface area (Å²) in [6.07, 6.45) is 0. The fourth-order valence-corrected chi connectivity index (χ4v) is 5.98. The summed E-state index contributed by atoms with van der Waals surface area (Å²) in [5, 5.41) is 44.3. The Bertz CT molecular complexity index is 2080. The predicted octanol–water partition coefficient (Wildman–Crippen LogP) is 5.79. The summed E-state index contributed by atoms with van der Waals surface area (Å²) in [7, 11) is 0. The molecule has 0 bridgehead atoms. The van der Waals surface area contributed by atoms with E-state index < -0.39 is 5.97 Å². The number of hydrogen-bond donors (Lipinski definition) is 3. The van der Waals surface area contributed by atoms with Gasteiger partial charge in [-0.3, -0.25) is 0 Å². The highest BCUT2D eigenvalue weighted by Gasteiger charge is 2.25. The first-order valence-corrected chi connectivity index (χ1v) is 14.6. The van der Waals surface area contributed by atoms with Gasteiger partial charge in [0.2, 0.25) is 0 Å². The van der Waals surface area contributed by atoms with Crippen molar-refractivity contribution in [2.24, 2.45) is 0 Å². The van der Waals surface area contributed by atoms with Crippen molar-refractivity contribution in [1.29, 1.82) is 10.5 Å². The number of fused-ring (bicyclic) bond motifs is 2. The topological polar surface area (TPSA) is 162 Å². The summed E-state index contributed by atoms with van der Waals surface area (Å²) in [4.78, 5) is 29.7. The Balaban J connectivity index is 1.32. The number of nitriles is 2. The highest BCUT2D eigenvalue weighted by Crippen LogP contribution is 2.34. The van der Waals surface area contributed by atoms with Crippen molar-refractivity contribution in [3.8, 4) is 17.9 Å². The number of carbonyl (C=O) groups is 1. The number of aryl methyl sites for hydroxylation is 1. The van der Waals surface area contributed by atoms with Crippen LogP contribution < -0.4 is 15.1 Å². The van der Waals surface area contributed by atoms with Gasteiger partial charge in [0.25, 0.3) is 0 Å². The molecule has 45 heavy (non-hydrogen) atoms. The van der Waals surface area contributed by atoms with Crippen molar-refractivity contribution in [1.82, 2.24) is 15.0 Å². The molecule has 3 N–H and O–H groups in total. The number of benzene rings is 3. The number of anilines is 3. The van der Waals surface area contributed by atoms with Gasteiger partial charge in [-0.05, 0) is 67.9 Å². The fourth-order valence-electron chi connectivity index (χ4n) is 5.83. The number of carboxylic acids is 1. The second-order valence-electron chi connectivity index (χ2n) is 10.9. The molecule has 5 aromatic rings.